The summed E-state index contributed by atoms with van der Waals surface area (Å²) in [4.78, 5) is 36.0. The van der Waals surface area contributed by atoms with E-state index >= 15 is 0 Å². The van der Waals surface area contributed by atoms with Crippen LogP contribution in [-0.2, 0) is 14.3 Å². The SMILES string of the molecule is CCOC(=O)CCC(=O)NC(=S)Nc1ccccc1C(=O)Nc1ccc(OCC)cc1. The number of nitrogens with one attached hydrogen (secondary N) is 3. The summed E-state index contributed by atoms with van der Waals surface area (Å²) < 4.78 is 10.2. The number of hydrogen-bond acceptors (Lipinski definition) is 6. The van der Waals surface area contributed by atoms with Gasteiger partial charge in [0.2, 0.25) is 5.91 Å². The maximum atomic E-state index is 12.7. The third-order valence-corrected chi connectivity index (χ3v) is 4.16. The number of esters is 1. The van der Waals surface area contributed by atoms with Gasteiger partial charge in [0, 0.05) is 12.1 Å². The van der Waals surface area contributed by atoms with Gasteiger partial charge in [-0.3, -0.25) is 14.4 Å². The Morgan fingerprint density at radius 3 is 2.29 bits per heavy atom. The van der Waals surface area contributed by atoms with Crippen molar-refractivity contribution in [1.29, 1.82) is 0 Å². The molecule has 0 aliphatic rings. The van der Waals surface area contributed by atoms with Crippen molar-refractivity contribution in [3.8, 4) is 5.75 Å². The van der Waals surface area contributed by atoms with Gasteiger partial charge in [0.1, 0.15) is 5.75 Å². The second-order valence-electron chi connectivity index (χ2n) is 6.26. The summed E-state index contributed by atoms with van der Waals surface area (Å²) in [5.41, 5.74) is 1.39. The van der Waals surface area contributed by atoms with Crippen molar-refractivity contribution in [2.45, 2.75) is 26.7 Å². The highest BCUT2D eigenvalue weighted by Crippen LogP contribution is 2.19. The first-order chi connectivity index (χ1) is 14.9. The molecule has 8 nitrogen and oxygen atoms in total. The number of hydrogen-bond donors (Lipinski definition) is 3. The summed E-state index contributed by atoms with van der Waals surface area (Å²) in [5, 5.41) is 8.17. The second kappa shape index (κ2) is 12.3. The van der Waals surface area contributed by atoms with Gasteiger partial charge in [-0.1, -0.05) is 12.1 Å². The minimum Gasteiger partial charge on any atom is -0.494 e. The van der Waals surface area contributed by atoms with Gasteiger partial charge in [-0.2, -0.15) is 0 Å². The van der Waals surface area contributed by atoms with Gasteiger partial charge in [-0.05, 0) is 62.5 Å². The molecule has 9 heteroatoms. The van der Waals surface area contributed by atoms with E-state index in [1.807, 2.05) is 6.92 Å². The first-order valence-corrected chi connectivity index (χ1v) is 10.2. The number of thiocarbonyl (C=S) groups is 1. The van der Waals surface area contributed by atoms with Gasteiger partial charge >= 0.3 is 5.97 Å². The average molecular weight is 444 g/mol. The molecule has 0 fully saturated rings. The fourth-order valence-electron chi connectivity index (χ4n) is 2.58. The number of rotatable bonds is 9. The predicted molar refractivity (Wildman–Crippen MR) is 122 cm³/mol. The lowest BCUT2D eigenvalue weighted by atomic mass is 10.1. The Hall–Kier alpha value is -3.46. The molecule has 2 aromatic carbocycles. The van der Waals surface area contributed by atoms with Crippen LogP contribution < -0.4 is 20.7 Å². The Balaban J connectivity index is 1.96. The van der Waals surface area contributed by atoms with Crippen molar-refractivity contribution in [3.05, 3.63) is 54.1 Å². The standard InChI is InChI=1S/C22H25N3O5S/c1-3-29-16-11-9-15(10-12-16)23-21(28)17-7-5-6-8-18(17)24-22(31)25-19(26)13-14-20(27)30-4-2/h5-12H,3-4,13-14H2,1-2H3,(H,23,28)(H2,24,25,26,31). The summed E-state index contributed by atoms with van der Waals surface area (Å²) >= 11 is 5.15. The number of benzene rings is 2. The first kappa shape index (κ1) is 23.8. The zero-order valence-electron chi connectivity index (χ0n) is 17.4. The summed E-state index contributed by atoms with van der Waals surface area (Å²) in [5.74, 6) is -0.509. The lowest BCUT2D eigenvalue weighted by Crippen LogP contribution is -2.34. The lowest BCUT2D eigenvalue weighted by molar-refractivity contribution is -0.144. The highest BCUT2D eigenvalue weighted by atomic mass is 32.1. The molecule has 0 atom stereocenters. The van der Waals surface area contributed by atoms with E-state index < -0.39 is 11.9 Å². The van der Waals surface area contributed by atoms with Crippen LogP contribution in [0, 0.1) is 0 Å². The molecule has 2 aromatic rings. The number of ether oxygens (including phenoxy) is 2. The molecule has 0 saturated heterocycles. The molecule has 164 valence electrons. The van der Waals surface area contributed by atoms with Gasteiger partial charge in [0.05, 0.1) is 30.9 Å². The van der Waals surface area contributed by atoms with Gasteiger partial charge in [-0.15, -0.1) is 0 Å². The molecular weight excluding hydrogens is 418 g/mol. The summed E-state index contributed by atoms with van der Waals surface area (Å²) in [7, 11) is 0. The highest BCUT2D eigenvalue weighted by Gasteiger charge is 2.14. The smallest absolute Gasteiger partial charge is 0.306 e. The molecule has 2 rings (SSSR count). The third kappa shape index (κ3) is 8.06. The summed E-state index contributed by atoms with van der Waals surface area (Å²) in [6.45, 7) is 4.41. The Labute approximate surface area is 186 Å². The van der Waals surface area contributed by atoms with Crippen LogP contribution >= 0.6 is 12.2 Å². The minimum absolute atomic E-state index is 0.0233. The topological polar surface area (TPSA) is 106 Å². The summed E-state index contributed by atoms with van der Waals surface area (Å²) in [6.07, 6.45) is -0.0934. The van der Waals surface area contributed by atoms with Crippen LogP contribution in [0.4, 0.5) is 11.4 Å². The molecular formula is C22H25N3O5S. The molecule has 0 aromatic heterocycles. The molecule has 0 heterocycles. The van der Waals surface area contributed by atoms with E-state index in [-0.39, 0.29) is 30.5 Å². The molecule has 0 aliphatic carbocycles. The van der Waals surface area contributed by atoms with Crippen molar-refractivity contribution in [1.82, 2.24) is 5.32 Å². The van der Waals surface area contributed by atoms with Gasteiger partial charge < -0.3 is 25.4 Å². The Morgan fingerprint density at radius 2 is 1.61 bits per heavy atom. The monoisotopic (exact) mass is 443 g/mol. The highest BCUT2D eigenvalue weighted by molar-refractivity contribution is 7.80. The van der Waals surface area contributed by atoms with Crippen LogP contribution in [0.15, 0.2) is 48.5 Å². The van der Waals surface area contributed by atoms with Crippen LogP contribution in [0.25, 0.3) is 0 Å². The molecule has 31 heavy (non-hydrogen) atoms. The normalized spacial score (nSPS) is 10.0. The number of carbonyl (C=O) groups excluding carboxylic acids is 3. The molecule has 3 N–H and O–H groups in total. The third-order valence-electron chi connectivity index (χ3n) is 3.96. The fraction of sp³-hybridized carbons (Fsp3) is 0.273. The molecule has 0 aliphatic heterocycles. The Bertz CT molecular complexity index is 931. The van der Waals surface area contributed by atoms with Crippen LogP contribution in [0.3, 0.4) is 0 Å². The molecule has 0 spiro atoms. The van der Waals surface area contributed by atoms with Crippen LogP contribution in [-0.4, -0.2) is 36.1 Å². The van der Waals surface area contributed by atoms with Crippen LogP contribution in [0.2, 0.25) is 0 Å². The van der Waals surface area contributed by atoms with Gasteiger partial charge in [-0.25, -0.2) is 0 Å². The first-order valence-electron chi connectivity index (χ1n) is 9.82. The molecule has 0 unspecified atom stereocenters. The summed E-state index contributed by atoms with van der Waals surface area (Å²) in [6, 6.07) is 13.8. The molecule has 0 radical (unpaired) electrons. The molecule has 0 saturated carbocycles. The van der Waals surface area contributed by atoms with E-state index in [0.29, 0.717) is 29.3 Å². The number of anilines is 2. The van der Waals surface area contributed by atoms with Gasteiger partial charge in [0.15, 0.2) is 5.11 Å². The largest absolute Gasteiger partial charge is 0.494 e. The quantitative estimate of drug-likeness (QED) is 0.402. The fourth-order valence-corrected chi connectivity index (χ4v) is 2.80. The minimum atomic E-state index is -0.451. The Morgan fingerprint density at radius 1 is 0.903 bits per heavy atom. The zero-order valence-corrected chi connectivity index (χ0v) is 18.2. The van der Waals surface area contributed by atoms with E-state index in [9.17, 15) is 14.4 Å². The Kier molecular flexibility index (Phi) is 9.44. The predicted octanol–water partition coefficient (Wildman–Crippen LogP) is 3.49. The van der Waals surface area contributed by atoms with Crippen molar-refractivity contribution in [2.24, 2.45) is 0 Å². The van der Waals surface area contributed by atoms with E-state index in [4.69, 9.17) is 21.7 Å². The van der Waals surface area contributed by atoms with Crippen molar-refractivity contribution < 1.29 is 23.9 Å². The average Bonchev–Trinajstić information content (AvgIpc) is 2.74. The van der Waals surface area contributed by atoms with E-state index in [1.165, 1.54) is 0 Å². The van der Waals surface area contributed by atoms with E-state index in [2.05, 4.69) is 16.0 Å². The number of amides is 2. The molecule has 2 amide bonds. The maximum Gasteiger partial charge on any atom is 0.306 e. The van der Waals surface area contributed by atoms with Gasteiger partial charge in [0.25, 0.3) is 5.91 Å². The lowest BCUT2D eigenvalue weighted by Gasteiger charge is -2.14. The van der Waals surface area contributed by atoms with Crippen LogP contribution in [0.1, 0.15) is 37.0 Å². The van der Waals surface area contributed by atoms with E-state index in [1.54, 1.807) is 55.5 Å². The second-order valence-corrected chi connectivity index (χ2v) is 6.67. The van der Waals surface area contributed by atoms with Crippen molar-refractivity contribution in [3.63, 3.8) is 0 Å². The maximum absolute atomic E-state index is 12.7. The number of carbonyl (C=O) groups is 3. The molecule has 0 bridgehead atoms. The van der Waals surface area contributed by atoms with Crippen molar-refractivity contribution in [2.75, 3.05) is 23.8 Å². The zero-order chi connectivity index (χ0) is 22.6. The van der Waals surface area contributed by atoms with Crippen LogP contribution in [0.5, 0.6) is 5.75 Å². The van der Waals surface area contributed by atoms with E-state index in [0.717, 1.165) is 0 Å². The number of para-hydroxylation sites is 1. The van der Waals surface area contributed by atoms with Crippen molar-refractivity contribution >= 4 is 46.5 Å².